The molecule has 3 aromatic rings. The Balaban J connectivity index is 1.49. The first-order valence-corrected chi connectivity index (χ1v) is 9.31. The second-order valence-electron chi connectivity index (χ2n) is 6.71. The molecule has 2 atom stereocenters. The fourth-order valence-electron chi connectivity index (χ4n) is 3.48. The normalized spacial score (nSPS) is 16.3. The fourth-order valence-corrected chi connectivity index (χ4v) is 3.68. The van der Waals surface area contributed by atoms with Crippen molar-refractivity contribution in [3.8, 4) is 5.75 Å². The Hall–Kier alpha value is -2.99. The van der Waals surface area contributed by atoms with Crippen LogP contribution in [0, 0.1) is 0 Å². The van der Waals surface area contributed by atoms with Gasteiger partial charge >= 0.3 is 5.97 Å². The highest BCUT2D eigenvalue weighted by molar-refractivity contribution is 6.30. The van der Waals surface area contributed by atoms with Crippen molar-refractivity contribution in [1.82, 2.24) is 10.3 Å². The highest BCUT2D eigenvalue weighted by atomic mass is 35.5. The summed E-state index contributed by atoms with van der Waals surface area (Å²) in [6.07, 6.45) is 1.86. The van der Waals surface area contributed by atoms with Gasteiger partial charge in [-0.15, -0.1) is 0 Å². The summed E-state index contributed by atoms with van der Waals surface area (Å²) in [5.74, 6) is -0.226. The lowest BCUT2D eigenvalue weighted by Crippen LogP contribution is -2.48. The van der Waals surface area contributed by atoms with Crippen LogP contribution in [0.3, 0.4) is 0 Å². The van der Waals surface area contributed by atoms with Gasteiger partial charge in [-0.3, -0.25) is 4.79 Å². The summed E-state index contributed by atoms with van der Waals surface area (Å²) in [5, 5.41) is 4.37. The van der Waals surface area contributed by atoms with Crippen molar-refractivity contribution in [1.29, 1.82) is 0 Å². The quantitative estimate of drug-likeness (QED) is 0.647. The first kappa shape index (κ1) is 18.4. The number of ether oxygens (including phenoxy) is 2. The zero-order chi connectivity index (χ0) is 19.7. The molecule has 0 aliphatic carbocycles. The fraction of sp³-hybridized carbons (Fsp3) is 0.238. The summed E-state index contributed by atoms with van der Waals surface area (Å²) in [4.78, 5) is 28.2. The van der Waals surface area contributed by atoms with Crippen molar-refractivity contribution in [3.05, 3.63) is 64.8 Å². The highest BCUT2D eigenvalue weighted by Crippen LogP contribution is 2.31. The molecule has 6 nitrogen and oxygen atoms in total. The van der Waals surface area contributed by atoms with Crippen molar-refractivity contribution in [2.45, 2.75) is 25.0 Å². The second kappa shape index (κ2) is 7.56. The molecule has 2 N–H and O–H groups in total. The van der Waals surface area contributed by atoms with Crippen LogP contribution in [-0.2, 0) is 27.2 Å². The van der Waals surface area contributed by atoms with Crippen LogP contribution in [-0.4, -0.2) is 36.1 Å². The molecule has 0 saturated carbocycles. The molecule has 0 saturated heterocycles. The Morgan fingerprint density at radius 3 is 2.96 bits per heavy atom. The Morgan fingerprint density at radius 1 is 1.32 bits per heavy atom. The van der Waals surface area contributed by atoms with Crippen LogP contribution in [0.2, 0.25) is 5.02 Å². The molecule has 4 rings (SSSR count). The van der Waals surface area contributed by atoms with E-state index in [1.807, 2.05) is 30.5 Å². The molecule has 2 heterocycles. The zero-order valence-electron chi connectivity index (χ0n) is 15.2. The minimum absolute atomic E-state index is 0.313. The van der Waals surface area contributed by atoms with E-state index in [0.717, 1.165) is 22.0 Å². The number of para-hydroxylation sites is 1. The van der Waals surface area contributed by atoms with Gasteiger partial charge in [0, 0.05) is 35.0 Å². The van der Waals surface area contributed by atoms with Crippen LogP contribution in [0.15, 0.2) is 48.7 Å². The molecule has 0 fully saturated rings. The number of fused-ring (bicyclic) bond motifs is 2. The number of rotatable bonds is 5. The Bertz CT molecular complexity index is 1050. The van der Waals surface area contributed by atoms with Crippen LogP contribution in [0.5, 0.6) is 5.75 Å². The molecular weight excluding hydrogens is 380 g/mol. The molecule has 28 heavy (non-hydrogen) atoms. The van der Waals surface area contributed by atoms with Crippen molar-refractivity contribution in [2.75, 3.05) is 7.11 Å². The lowest BCUT2D eigenvalue weighted by molar-refractivity contribution is -0.145. The SMILES string of the molecule is COC(=O)[C@H](Cc1c[nH]c2ccccc12)NC(=O)[C@@H]1Cc2cc(Cl)ccc2O1. The summed E-state index contributed by atoms with van der Waals surface area (Å²) in [5.41, 5.74) is 2.77. The standard InChI is InChI=1S/C21H19ClN2O4/c1-27-21(26)17(9-13-11-23-16-5-3-2-4-15(13)16)24-20(25)19-10-12-8-14(22)6-7-18(12)28-19/h2-8,11,17,19,23H,9-10H2,1H3,(H,24,25)/t17-,19-/m0/s1. The number of amides is 1. The van der Waals surface area contributed by atoms with E-state index in [1.54, 1.807) is 18.2 Å². The maximum absolute atomic E-state index is 12.7. The average Bonchev–Trinajstić information content (AvgIpc) is 3.30. The number of aromatic nitrogens is 1. The van der Waals surface area contributed by atoms with Crippen LogP contribution < -0.4 is 10.1 Å². The lowest BCUT2D eigenvalue weighted by atomic mass is 10.0. The third kappa shape index (κ3) is 3.55. The molecule has 1 aliphatic rings. The third-order valence-electron chi connectivity index (χ3n) is 4.89. The van der Waals surface area contributed by atoms with Crippen LogP contribution >= 0.6 is 11.6 Å². The molecule has 144 valence electrons. The van der Waals surface area contributed by atoms with Crippen molar-refractivity contribution in [2.24, 2.45) is 0 Å². The zero-order valence-corrected chi connectivity index (χ0v) is 16.0. The molecule has 7 heteroatoms. The predicted octanol–water partition coefficient (Wildman–Crippen LogP) is 3.03. The monoisotopic (exact) mass is 398 g/mol. The van der Waals surface area contributed by atoms with E-state index in [0.29, 0.717) is 23.6 Å². The van der Waals surface area contributed by atoms with E-state index in [1.165, 1.54) is 7.11 Å². The molecule has 0 unspecified atom stereocenters. The van der Waals surface area contributed by atoms with E-state index >= 15 is 0 Å². The summed E-state index contributed by atoms with van der Waals surface area (Å²) < 4.78 is 10.6. The number of benzene rings is 2. The van der Waals surface area contributed by atoms with E-state index in [9.17, 15) is 9.59 Å². The van der Waals surface area contributed by atoms with E-state index in [2.05, 4.69) is 10.3 Å². The second-order valence-corrected chi connectivity index (χ2v) is 7.15. The Labute approximate surface area is 166 Å². The van der Waals surface area contributed by atoms with Crippen molar-refractivity contribution >= 4 is 34.4 Å². The molecule has 1 aliphatic heterocycles. The maximum atomic E-state index is 12.7. The van der Waals surface area contributed by atoms with Crippen LogP contribution in [0.4, 0.5) is 0 Å². The lowest BCUT2D eigenvalue weighted by Gasteiger charge is -2.18. The highest BCUT2D eigenvalue weighted by Gasteiger charge is 2.32. The van der Waals surface area contributed by atoms with Gasteiger partial charge in [0.15, 0.2) is 6.10 Å². The number of hydrogen-bond acceptors (Lipinski definition) is 4. The molecule has 1 amide bonds. The molecule has 0 radical (unpaired) electrons. The smallest absolute Gasteiger partial charge is 0.328 e. The number of aromatic amines is 1. The van der Waals surface area contributed by atoms with Gasteiger partial charge in [0.2, 0.25) is 0 Å². The van der Waals surface area contributed by atoms with Gasteiger partial charge in [-0.2, -0.15) is 0 Å². The summed E-state index contributed by atoms with van der Waals surface area (Å²) in [6, 6.07) is 12.2. The molecule has 0 spiro atoms. The number of hydrogen-bond donors (Lipinski definition) is 2. The number of esters is 1. The molecular formula is C21H19ClN2O4. The molecule has 1 aromatic heterocycles. The molecule has 2 aromatic carbocycles. The van der Waals surface area contributed by atoms with Gasteiger partial charge in [-0.05, 0) is 35.4 Å². The van der Waals surface area contributed by atoms with Crippen molar-refractivity contribution < 1.29 is 19.1 Å². The van der Waals surface area contributed by atoms with Crippen molar-refractivity contribution in [3.63, 3.8) is 0 Å². The van der Waals surface area contributed by atoms with Gasteiger partial charge < -0.3 is 19.8 Å². The largest absolute Gasteiger partial charge is 0.480 e. The first-order valence-electron chi connectivity index (χ1n) is 8.93. The van der Waals surface area contributed by atoms with Crippen LogP contribution in [0.1, 0.15) is 11.1 Å². The first-order chi connectivity index (χ1) is 13.5. The van der Waals surface area contributed by atoms with Gasteiger partial charge in [-0.25, -0.2) is 4.79 Å². The maximum Gasteiger partial charge on any atom is 0.328 e. The summed E-state index contributed by atoms with van der Waals surface area (Å²) >= 11 is 6.00. The topological polar surface area (TPSA) is 80.4 Å². The van der Waals surface area contributed by atoms with E-state index in [4.69, 9.17) is 21.1 Å². The van der Waals surface area contributed by atoms with Gasteiger partial charge in [0.25, 0.3) is 5.91 Å². The van der Waals surface area contributed by atoms with E-state index in [-0.39, 0.29) is 5.91 Å². The number of methoxy groups -OCH3 is 1. The number of H-pyrrole nitrogens is 1. The van der Waals surface area contributed by atoms with Gasteiger partial charge in [0.05, 0.1) is 7.11 Å². The Kier molecular flexibility index (Phi) is 4.96. The van der Waals surface area contributed by atoms with Crippen LogP contribution in [0.25, 0.3) is 10.9 Å². The predicted molar refractivity (Wildman–Crippen MR) is 106 cm³/mol. The molecule has 0 bridgehead atoms. The minimum atomic E-state index is -0.812. The van der Waals surface area contributed by atoms with E-state index < -0.39 is 18.1 Å². The Morgan fingerprint density at radius 2 is 2.14 bits per heavy atom. The number of carbonyl (C=O) groups excluding carboxylic acids is 2. The van der Waals surface area contributed by atoms with Gasteiger partial charge in [0.1, 0.15) is 11.8 Å². The minimum Gasteiger partial charge on any atom is -0.480 e. The average molecular weight is 399 g/mol. The number of carbonyl (C=O) groups is 2. The van der Waals surface area contributed by atoms with Gasteiger partial charge in [-0.1, -0.05) is 29.8 Å². The third-order valence-corrected chi connectivity index (χ3v) is 5.13. The summed E-state index contributed by atoms with van der Waals surface area (Å²) in [6.45, 7) is 0. The summed E-state index contributed by atoms with van der Waals surface area (Å²) in [7, 11) is 1.31. The number of nitrogens with one attached hydrogen (secondary N) is 2. The number of halogens is 1.